The zero-order valence-electron chi connectivity index (χ0n) is 17.6. The van der Waals surface area contributed by atoms with Crippen LogP contribution in [0.5, 0.6) is 0 Å². The molecule has 0 radical (unpaired) electrons. The SMILES string of the molecule is C=C[C@H](C)[C@H](O)C[C@@H]1C[C@H](CCO[Si](C)(C)C(C)(C)C)OC(C)(C)O1. The molecule has 148 valence electrons. The Labute approximate surface area is 156 Å². The summed E-state index contributed by atoms with van der Waals surface area (Å²) in [7, 11) is -1.73. The van der Waals surface area contributed by atoms with Crippen molar-refractivity contribution < 1.29 is 19.0 Å². The molecule has 0 unspecified atom stereocenters. The standard InChI is InChI=1S/C20H40O4Si/c1-10-15(2)18(21)14-17-13-16(23-20(6,7)24-17)11-12-22-25(8,9)19(3,4)5/h10,15-18,21H,1,11-14H2,2-9H3/t15-,16-,17-,18+/m0/s1. The third kappa shape index (κ3) is 7.14. The molecule has 5 heteroatoms. The first-order chi connectivity index (χ1) is 11.3. The largest absolute Gasteiger partial charge is 0.417 e. The second-order valence-corrected chi connectivity index (χ2v) is 14.2. The van der Waals surface area contributed by atoms with Gasteiger partial charge in [0, 0.05) is 19.4 Å². The summed E-state index contributed by atoms with van der Waals surface area (Å²) >= 11 is 0. The first kappa shape index (κ1) is 22.8. The number of hydrogen-bond donors (Lipinski definition) is 1. The lowest BCUT2D eigenvalue weighted by Gasteiger charge is -2.42. The molecule has 1 aliphatic heterocycles. The second-order valence-electron chi connectivity index (χ2n) is 9.41. The first-order valence-electron chi connectivity index (χ1n) is 9.57. The zero-order valence-corrected chi connectivity index (χ0v) is 18.6. The highest BCUT2D eigenvalue weighted by atomic mass is 28.4. The zero-order chi connectivity index (χ0) is 19.5. The average Bonchev–Trinajstić information content (AvgIpc) is 2.43. The van der Waals surface area contributed by atoms with E-state index in [0.717, 1.165) is 19.4 Å². The highest BCUT2D eigenvalue weighted by Crippen LogP contribution is 2.37. The molecule has 0 aliphatic carbocycles. The Bertz CT molecular complexity index is 428. The summed E-state index contributed by atoms with van der Waals surface area (Å²) < 4.78 is 18.4. The summed E-state index contributed by atoms with van der Waals surface area (Å²) in [5.74, 6) is -0.559. The minimum atomic E-state index is -1.73. The van der Waals surface area contributed by atoms with Gasteiger partial charge in [-0.15, -0.1) is 6.58 Å². The van der Waals surface area contributed by atoms with Crippen molar-refractivity contribution in [3.05, 3.63) is 12.7 Å². The van der Waals surface area contributed by atoms with Gasteiger partial charge < -0.3 is 19.0 Å². The number of aliphatic hydroxyl groups excluding tert-OH is 1. The molecule has 0 aromatic heterocycles. The van der Waals surface area contributed by atoms with E-state index in [1.54, 1.807) is 6.08 Å². The van der Waals surface area contributed by atoms with Gasteiger partial charge in [0.1, 0.15) is 0 Å². The fourth-order valence-corrected chi connectivity index (χ4v) is 3.91. The van der Waals surface area contributed by atoms with Gasteiger partial charge in [-0.05, 0) is 44.3 Å². The van der Waals surface area contributed by atoms with Crippen LogP contribution in [0, 0.1) is 5.92 Å². The molecule has 0 spiro atoms. The van der Waals surface area contributed by atoms with Gasteiger partial charge in [0.15, 0.2) is 14.1 Å². The number of hydrogen-bond acceptors (Lipinski definition) is 4. The highest BCUT2D eigenvalue weighted by Gasteiger charge is 2.39. The molecule has 1 aliphatic rings. The average molecular weight is 373 g/mol. The van der Waals surface area contributed by atoms with Gasteiger partial charge in [-0.1, -0.05) is 33.8 Å². The molecule has 0 aromatic rings. The lowest BCUT2D eigenvalue weighted by atomic mass is 9.95. The van der Waals surface area contributed by atoms with Gasteiger partial charge in [-0.2, -0.15) is 0 Å². The van der Waals surface area contributed by atoms with Gasteiger partial charge in [0.05, 0.1) is 18.3 Å². The van der Waals surface area contributed by atoms with Gasteiger partial charge in [-0.3, -0.25) is 0 Å². The maximum absolute atomic E-state index is 10.3. The maximum atomic E-state index is 10.3. The molecule has 4 nitrogen and oxygen atoms in total. The minimum absolute atomic E-state index is 0.000906. The van der Waals surface area contributed by atoms with E-state index in [4.69, 9.17) is 13.9 Å². The van der Waals surface area contributed by atoms with E-state index in [2.05, 4.69) is 40.4 Å². The summed E-state index contributed by atoms with van der Waals surface area (Å²) in [4.78, 5) is 0. The fourth-order valence-electron chi connectivity index (χ4n) is 2.84. The van der Waals surface area contributed by atoms with Crippen LogP contribution in [0.4, 0.5) is 0 Å². The summed E-state index contributed by atoms with van der Waals surface area (Å²) in [6, 6.07) is 0. The van der Waals surface area contributed by atoms with Crippen LogP contribution in [-0.2, 0) is 13.9 Å². The van der Waals surface area contributed by atoms with Crippen LogP contribution >= 0.6 is 0 Å². The molecule has 1 rings (SSSR count). The maximum Gasteiger partial charge on any atom is 0.191 e. The van der Waals surface area contributed by atoms with Crippen LogP contribution in [0.2, 0.25) is 18.1 Å². The molecule has 0 bridgehead atoms. The Hall–Kier alpha value is -0.203. The van der Waals surface area contributed by atoms with E-state index in [-0.39, 0.29) is 23.2 Å². The third-order valence-electron chi connectivity index (χ3n) is 5.62. The van der Waals surface area contributed by atoms with Gasteiger partial charge in [-0.25, -0.2) is 0 Å². The number of ether oxygens (including phenoxy) is 2. The van der Waals surface area contributed by atoms with E-state index in [1.165, 1.54) is 0 Å². The second kappa shape index (κ2) is 8.66. The molecule has 4 atom stereocenters. The molecule has 0 saturated carbocycles. The predicted octanol–water partition coefficient (Wildman–Crippen LogP) is 4.88. The molecule has 0 amide bonds. The van der Waals surface area contributed by atoms with Crippen molar-refractivity contribution in [1.82, 2.24) is 0 Å². The molecule has 25 heavy (non-hydrogen) atoms. The van der Waals surface area contributed by atoms with Crippen LogP contribution in [0.15, 0.2) is 12.7 Å². The minimum Gasteiger partial charge on any atom is -0.417 e. The van der Waals surface area contributed by atoms with Crippen molar-refractivity contribution >= 4 is 8.32 Å². The van der Waals surface area contributed by atoms with Crippen molar-refractivity contribution in [1.29, 1.82) is 0 Å². The van der Waals surface area contributed by atoms with Crippen LogP contribution in [-0.4, -0.2) is 44.1 Å². The third-order valence-corrected chi connectivity index (χ3v) is 10.2. The number of rotatable bonds is 8. The molecule has 1 N–H and O–H groups in total. The monoisotopic (exact) mass is 372 g/mol. The van der Waals surface area contributed by atoms with Crippen molar-refractivity contribution in [2.75, 3.05) is 6.61 Å². The summed E-state index contributed by atoms with van der Waals surface area (Å²) in [6.07, 6.45) is 3.73. The van der Waals surface area contributed by atoms with E-state index in [9.17, 15) is 5.11 Å². The molecule has 0 aromatic carbocycles. The van der Waals surface area contributed by atoms with Crippen LogP contribution in [0.1, 0.15) is 60.8 Å². The Balaban J connectivity index is 2.58. The molecule has 1 heterocycles. The Kier molecular flexibility index (Phi) is 7.91. The lowest BCUT2D eigenvalue weighted by Crippen LogP contribution is -2.47. The molecular weight excluding hydrogens is 332 g/mol. The van der Waals surface area contributed by atoms with Crippen molar-refractivity contribution in [3.8, 4) is 0 Å². The fraction of sp³-hybridized carbons (Fsp3) is 0.900. The van der Waals surface area contributed by atoms with E-state index >= 15 is 0 Å². The van der Waals surface area contributed by atoms with E-state index in [0.29, 0.717) is 6.42 Å². The van der Waals surface area contributed by atoms with Gasteiger partial charge in [0.25, 0.3) is 0 Å². The quantitative estimate of drug-likeness (QED) is 0.487. The Morgan fingerprint density at radius 1 is 1.28 bits per heavy atom. The van der Waals surface area contributed by atoms with Crippen molar-refractivity contribution in [3.63, 3.8) is 0 Å². The van der Waals surface area contributed by atoms with Crippen molar-refractivity contribution in [2.24, 2.45) is 5.92 Å². The van der Waals surface area contributed by atoms with Gasteiger partial charge >= 0.3 is 0 Å². The van der Waals surface area contributed by atoms with E-state index in [1.807, 2.05) is 20.8 Å². The predicted molar refractivity (Wildman–Crippen MR) is 106 cm³/mol. The number of aliphatic hydroxyl groups is 1. The molecular formula is C20H40O4Si. The lowest BCUT2D eigenvalue weighted by molar-refractivity contribution is -0.304. The summed E-state index contributed by atoms with van der Waals surface area (Å²) in [5, 5.41) is 10.5. The van der Waals surface area contributed by atoms with Crippen molar-refractivity contribution in [2.45, 2.75) is 103 Å². The topological polar surface area (TPSA) is 47.9 Å². The summed E-state index contributed by atoms with van der Waals surface area (Å²) in [5.41, 5.74) is 0. The highest BCUT2D eigenvalue weighted by molar-refractivity contribution is 6.74. The molecule has 1 fully saturated rings. The Morgan fingerprint density at radius 3 is 2.36 bits per heavy atom. The smallest absolute Gasteiger partial charge is 0.191 e. The van der Waals surface area contributed by atoms with Crippen LogP contribution in [0.3, 0.4) is 0 Å². The van der Waals surface area contributed by atoms with Crippen LogP contribution < -0.4 is 0 Å². The first-order valence-corrected chi connectivity index (χ1v) is 12.5. The van der Waals surface area contributed by atoms with E-state index < -0.39 is 20.2 Å². The molecule has 1 saturated heterocycles. The normalized spacial score (nSPS) is 26.9. The van der Waals surface area contributed by atoms with Gasteiger partial charge in [0.2, 0.25) is 0 Å². The summed E-state index contributed by atoms with van der Waals surface area (Å²) in [6.45, 7) is 21.7. The Morgan fingerprint density at radius 2 is 1.84 bits per heavy atom. The van der Waals surface area contributed by atoms with Crippen LogP contribution in [0.25, 0.3) is 0 Å².